The second-order valence-electron chi connectivity index (χ2n) is 8.65. The molecule has 1 aliphatic carbocycles. The molecule has 0 saturated carbocycles. The fourth-order valence-electron chi connectivity index (χ4n) is 4.07. The van der Waals surface area contributed by atoms with Gasteiger partial charge in [-0.2, -0.15) is 5.10 Å². The van der Waals surface area contributed by atoms with E-state index in [4.69, 9.17) is 9.47 Å². The Bertz CT molecular complexity index is 1330. The second kappa shape index (κ2) is 8.51. The van der Waals surface area contributed by atoms with Crippen LogP contribution in [0.3, 0.4) is 0 Å². The van der Waals surface area contributed by atoms with Crippen LogP contribution in [-0.2, 0) is 17.6 Å². The monoisotopic (exact) mass is 466 g/mol. The summed E-state index contributed by atoms with van der Waals surface area (Å²) in [6.45, 7) is 4.00. The van der Waals surface area contributed by atoms with E-state index < -0.39 is 0 Å². The van der Waals surface area contributed by atoms with Crippen LogP contribution in [0.25, 0.3) is 21.1 Å². The second-order valence-corrected chi connectivity index (χ2v) is 9.73. The van der Waals surface area contributed by atoms with Crippen molar-refractivity contribution in [1.82, 2.24) is 25.1 Å². The lowest BCUT2D eigenvalue weighted by Crippen LogP contribution is -2.31. The molecule has 172 valence electrons. The molecule has 0 fully saturated rings. The van der Waals surface area contributed by atoms with Crippen molar-refractivity contribution in [3.05, 3.63) is 35.1 Å². The van der Waals surface area contributed by atoms with Gasteiger partial charge in [-0.1, -0.05) is 0 Å². The zero-order chi connectivity index (χ0) is 23.1. The summed E-state index contributed by atoms with van der Waals surface area (Å²) in [7, 11) is 3.39. The van der Waals surface area contributed by atoms with Crippen molar-refractivity contribution in [1.29, 1.82) is 0 Å². The molecule has 4 aromatic rings. The van der Waals surface area contributed by atoms with E-state index in [0.717, 1.165) is 51.2 Å². The summed E-state index contributed by atoms with van der Waals surface area (Å²) >= 11 is 1.64. The molecule has 9 nitrogen and oxygen atoms in total. The zero-order valence-electron chi connectivity index (χ0n) is 19.0. The SMILES string of the molecule is CC(C)Oc1cc2[nH]ncc2cc1Nc1ncnc2sc3c(c12)CCC(OC(=O)N(C)C)C3. The van der Waals surface area contributed by atoms with Crippen molar-refractivity contribution >= 4 is 50.1 Å². The van der Waals surface area contributed by atoms with Crippen LogP contribution < -0.4 is 10.1 Å². The van der Waals surface area contributed by atoms with E-state index in [9.17, 15) is 4.79 Å². The van der Waals surface area contributed by atoms with Crippen molar-refractivity contribution in [3.8, 4) is 5.75 Å². The molecule has 3 aromatic heterocycles. The molecule has 1 aromatic carbocycles. The van der Waals surface area contributed by atoms with Gasteiger partial charge in [-0.25, -0.2) is 14.8 Å². The van der Waals surface area contributed by atoms with Crippen molar-refractivity contribution in [2.24, 2.45) is 0 Å². The summed E-state index contributed by atoms with van der Waals surface area (Å²) in [5, 5.41) is 12.6. The number of hydrogen-bond acceptors (Lipinski definition) is 8. The van der Waals surface area contributed by atoms with Gasteiger partial charge in [0.05, 0.1) is 28.9 Å². The van der Waals surface area contributed by atoms with Crippen molar-refractivity contribution in [2.45, 2.75) is 45.3 Å². The fourth-order valence-corrected chi connectivity index (χ4v) is 5.32. The number of carbonyl (C=O) groups is 1. The van der Waals surface area contributed by atoms with E-state index in [1.165, 1.54) is 15.3 Å². The summed E-state index contributed by atoms with van der Waals surface area (Å²) < 4.78 is 11.7. The smallest absolute Gasteiger partial charge is 0.409 e. The van der Waals surface area contributed by atoms with Crippen LogP contribution in [0.15, 0.2) is 24.7 Å². The Labute approximate surface area is 195 Å². The average Bonchev–Trinajstić information content (AvgIpc) is 3.37. The van der Waals surface area contributed by atoms with E-state index in [-0.39, 0.29) is 18.3 Å². The first-order chi connectivity index (χ1) is 15.9. The van der Waals surface area contributed by atoms with E-state index in [1.807, 2.05) is 26.0 Å². The number of fused-ring (bicyclic) bond motifs is 4. The third kappa shape index (κ3) is 4.18. The quantitative estimate of drug-likeness (QED) is 0.441. The van der Waals surface area contributed by atoms with Gasteiger partial charge in [-0.3, -0.25) is 5.10 Å². The highest BCUT2D eigenvalue weighted by Gasteiger charge is 2.28. The first-order valence-electron chi connectivity index (χ1n) is 10.9. The van der Waals surface area contributed by atoms with E-state index >= 15 is 0 Å². The largest absolute Gasteiger partial charge is 0.489 e. The molecule has 3 heterocycles. The lowest BCUT2D eigenvalue weighted by Gasteiger charge is -2.24. The van der Waals surface area contributed by atoms with Crippen LogP contribution in [0.4, 0.5) is 16.3 Å². The normalized spacial score (nSPS) is 15.6. The van der Waals surface area contributed by atoms with Gasteiger partial charge in [0.1, 0.15) is 28.8 Å². The summed E-state index contributed by atoms with van der Waals surface area (Å²) in [6, 6.07) is 3.97. The van der Waals surface area contributed by atoms with Crippen molar-refractivity contribution < 1.29 is 14.3 Å². The molecule has 10 heteroatoms. The molecule has 1 aliphatic rings. The van der Waals surface area contributed by atoms with Crippen LogP contribution in [0.2, 0.25) is 0 Å². The Hall–Kier alpha value is -3.40. The first kappa shape index (κ1) is 21.4. The number of hydrogen-bond donors (Lipinski definition) is 2. The van der Waals surface area contributed by atoms with Crippen LogP contribution in [0.5, 0.6) is 5.75 Å². The van der Waals surface area contributed by atoms with Gasteiger partial charge in [0.2, 0.25) is 0 Å². The number of amides is 1. The topological polar surface area (TPSA) is 105 Å². The standard InChI is InChI=1S/C23H26N6O3S/c1-12(2)31-18-9-16-13(10-26-28-16)7-17(18)27-21-20-15-6-5-14(32-23(30)29(3)4)8-19(15)33-22(20)25-11-24-21/h7,9-12,14H,5-6,8H2,1-4H3,(H,26,28)(H,24,25,27). The number of benzene rings is 1. The molecule has 0 spiro atoms. The van der Waals surface area contributed by atoms with Crippen molar-refractivity contribution in [3.63, 3.8) is 0 Å². The highest BCUT2D eigenvalue weighted by atomic mass is 32.1. The molecule has 0 bridgehead atoms. The highest BCUT2D eigenvalue weighted by Crippen LogP contribution is 2.41. The number of ether oxygens (including phenoxy) is 2. The highest BCUT2D eigenvalue weighted by molar-refractivity contribution is 7.19. The van der Waals surface area contributed by atoms with Gasteiger partial charge in [0.25, 0.3) is 0 Å². The number of thiophene rings is 1. The minimum absolute atomic E-state index is 0.0204. The van der Waals surface area contributed by atoms with Gasteiger partial charge in [-0.15, -0.1) is 11.3 Å². The van der Waals surface area contributed by atoms with Crippen LogP contribution in [0.1, 0.15) is 30.7 Å². The minimum atomic E-state index is -0.306. The Morgan fingerprint density at radius 3 is 2.94 bits per heavy atom. The molecule has 1 atom stereocenters. The number of aryl methyl sites for hydroxylation is 1. The molecule has 5 rings (SSSR count). The lowest BCUT2D eigenvalue weighted by atomic mass is 9.94. The van der Waals surface area contributed by atoms with Crippen LogP contribution in [-0.4, -0.2) is 57.5 Å². The molecule has 0 radical (unpaired) electrons. The maximum atomic E-state index is 12.0. The molecule has 1 unspecified atom stereocenters. The fraction of sp³-hybridized carbons (Fsp3) is 0.391. The van der Waals surface area contributed by atoms with Crippen molar-refractivity contribution in [2.75, 3.05) is 19.4 Å². The minimum Gasteiger partial charge on any atom is -0.489 e. The Kier molecular flexibility index (Phi) is 5.53. The molecule has 1 amide bonds. The predicted octanol–water partition coefficient (Wildman–Crippen LogP) is 4.65. The third-order valence-corrected chi connectivity index (χ3v) is 6.75. The first-order valence-corrected chi connectivity index (χ1v) is 11.7. The summed E-state index contributed by atoms with van der Waals surface area (Å²) in [4.78, 5) is 24.7. The summed E-state index contributed by atoms with van der Waals surface area (Å²) in [6.07, 6.45) is 5.23. The molecular formula is C23H26N6O3S. The Balaban J connectivity index is 1.50. The van der Waals surface area contributed by atoms with Gasteiger partial charge >= 0.3 is 6.09 Å². The number of carbonyl (C=O) groups excluding carboxylic acids is 1. The predicted molar refractivity (Wildman–Crippen MR) is 129 cm³/mol. The number of anilines is 2. The number of nitrogens with one attached hydrogen (secondary N) is 2. The van der Waals surface area contributed by atoms with E-state index in [0.29, 0.717) is 6.42 Å². The van der Waals surface area contributed by atoms with Crippen LogP contribution in [0, 0.1) is 0 Å². The number of aromatic amines is 1. The number of nitrogens with zero attached hydrogens (tertiary/aromatic N) is 4. The number of aromatic nitrogens is 4. The zero-order valence-corrected chi connectivity index (χ0v) is 19.8. The maximum Gasteiger partial charge on any atom is 0.409 e. The third-order valence-electron chi connectivity index (χ3n) is 5.59. The van der Waals surface area contributed by atoms with Gasteiger partial charge < -0.3 is 19.7 Å². The number of H-pyrrole nitrogens is 1. The summed E-state index contributed by atoms with van der Waals surface area (Å²) in [5.41, 5.74) is 2.97. The maximum absolute atomic E-state index is 12.0. The van der Waals surface area contributed by atoms with Gasteiger partial charge in [0, 0.05) is 36.8 Å². The summed E-state index contributed by atoms with van der Waals surface area (Å²) in [5.74, 6) is 1.48. The molecule has 33 heavy (non-hydrogen) atoms. The number of rotatable bonds is 5. The molecular weight excluding hydrogens is 440 g/mol. The molecule has 2 N–H and O–H groups in total. The Morgan fingerprint density at radius 2 is 2.15 bits per heavy atom. The lowest BCUT2D eigenvalue weighted by molar-refractivity contribution is 0.0685. The molecule has 0 aliphatic heterocycles. The molecule has 0 saturated heterocycles. The van der Waals surface area contributed by atoms with E-state index in [1.54, 1.807) is 38.0 Å². The van der Waals surface area contributed by atoms with Gasteiger partial charge in [-0.05, 0) is 38.3 Å². The van der Waals surface area contributed by atoms with E-state index in [2.05, 4.69) is 25.5 Å². The van der Waals surface area contributed by atoms with Crippen LogP contribution >= 0.6 is 11.3 Å². The average molecular weight is 467 g/mol. The Morgan fingerprint density at radius 1 is 1.30 bits per heavy atom. The van der Waals surface area contributed by atoms with Gasteiger partial charge in [0.15, 0.2) is 0 Å².